The fraction of sp³-hybridized carbons (Fsp3) is 0.278. The van der Waals surface area contributed by atoms with Gasteiger partial charge in [0.1, 0.15) is 0 Å². The molecule has 0 radical (unpaired) electrons. The second-order valence-electron chi connectivity index (χ2n) is 5.65. The summed E-state index contributed by atoms with van der Waals surface area (Å²) in [5.41, 5.74) is 2.12. The van der Waals surface area contributed by atoms with Gasteiger partial charge in [0.25, 0.3) is 5.91 Å². The number of sulfonamides is 1. The number of carbonyl (C=O) groups excluding carboxylic acids is 1. The maximum atomic E-state index is 12.1. The molecule has 128 valence electrons. The van der Waals surface area contributed by atoms with E-state index >= 15 is 0 Å². The lowest BCUT2D eigenvalue weighted by molar-refractivity contribution is 0.0953. The number of unbranched alkanes of at least 4 members (excludes halogenated alkanes) is 1. The van der Waals surface area contributed by atoms with Gasteiger partial charge in [-0.2, -0.15) is 0 Å². The lowest BCUT2D eigenvalue weighted by atomic mass is 10.1. The first-order valence-electron chi connectivity index (χ1n) is 7.84. The summed E-state index contributed by atoms with van der Waals surface area (Å²) in [6, 6.07) is 16.7. The van der Waals surface area contributed by atoms with E-state index in [0.717, 1.165) is 25.5 Å². The molecule has 2 aromatic carbocycles. The predicted octanol–water partition coefficient (Wildman–Crippen LogP) is 2.81. The fourth-order valence-corrected chi connectivity index (χ4v) is 2.90. The molecule has 0 saturated heterocycles. The number of carbonyl (C=O) groups is 1. The van der Waals surface area contributed by atoms with Crippen molar-refractivity contribution in [1.29, 1.82) is 0 Å². The zero-order valence-corrected chi connectivity index (χ0v) is 14.5. The van der Waals surface area contributed by atoms with Crippen molar-refractivity contribution in [3.05, 3.63) is 65.7 Å². The highest BCUT2D eigenvalue weighted by atomic mass is 32.2. The van der Waals surface area contributed by atoms with E-state index in [4.69, 9.17) is 0 Å². The van der Waals surface area contributed by atoms with E-state index in [2.05, 4.69) is 22.2 Å². The number of benzene rings is 2. The molecule has 6 heteroatoms. The largest absolute Gasteiger partial charge is 0.352 e. The number of hydrogen-bond donors (Lipinski definition) is 2. The zero-order valence-electron chi connectivity index (χ0n) is 13.7. The highest BCUT2D eigenvalue weighted by Gasteiger charge is 2.07. The van der Waals surface area contributed by atoms with E-state index < -0.39 is 10.0 Å². The number of amides is 1. The number of nitrogens with one attached hydrogen (secondary N) is 2. The zero-order chi connectivity index (χ0) is 17.4. The normalized spacial score (nSPS) is 11.0. The van der Waals surface area contributed by atoms with Crippen LogP contribution in [-0.4, -0.2) is 27.1 Å². The highest BCUT2D eigenvalue weighted by molar-refractivity contribution is 7.92. The van der Waals surface area contributed by atoms with Gasteiger partial charge in [0.2, 0.25) is 10.0 Å². The van der Waals surface area contributed by atoms with E-state index in [-0.39, 0.29) is 5.91 Å². The third-order valence-corrected chi connectivity index (χ3v) is 4.06. The molecule has 0 spiro atoms. The van der Waals surface area contributed by atoms with Gasteiger partial charge in [-0.05, 0) is 43.0 Å². The molecular formula is C18H22N2O3S. The van der Waals surface area contributed by atoms with Gasteiger partial charge in [0, 0.05) is 17.8 Å². The molecule has 0 heterocycles. The van der Waals surface area contributed by atoms with Crippen LogP contribution in [0.3, 0.4) is 0 Å². The molecule has 0 saturated carbocycles. The van der Waals surface area contributed by atoms with Crippen molar-refractivity contribution in [2.75, 3.05) is 17.5 Å². The van der Waals surface area contributed by atoms with Crippen LogP contribution in [0.25, 0.3) is 0 Å². The van der Waals surface area contributed by atoms with Crippen LogP contribution in [0.5, 0.6) is 0 Å². The number of rotatable bonds is 8. The molecule has 0 aromatic heterocycles. The van der Waals surface area contributed by atoms with Gasteiger partial charge in [0.05, 0.1) is 6.26 Å². The SMILES string of the molecule is CS(=O)(=O)Nc1cccc(C(=O)NCCCCc2ccccc2)c1. The lowest BCUT2D eigenvalue weighted by Gasteiger charge is -2.08. The summed E-state index contributed by atoms with van der Waals surface area (Å²) in [5, 5.41) is 2.86. The maximum absolute atomic E-state index is 12.1. The topological polar surface area (TPSA) is 75.3 Å². The smallest absolute Gasteiger partial charge is 0.251 e. The van der Waals surface area contributed by atoms with Crippen LogP contribution in [0.2, 0.25) is 0 Å². The minimum atomic E-state index is -3.35. The third-order valence-electron chi connectivity index (χ3n) is 3.45. The third kappa shape index (κ3) is 6.42. The average Bonchev–Trinajstić information content (AvgIpc) is 2.54. The predicted molar refractivity (Wildman–Crippen MR) is 96.6 cm³/mol. The first-order valence-corrected chi connectivity index (χ1v) is 9.73. The van der Waals surface area contributed by atoms with Crippen LogP contribution in [0.15, 0.2) is 54.6 Å². The van der Waals surface area contributed by atoms with Gasteiger partial charge in [-0.25, -0.2) is 8.42 Å². The van der Waals surface area contributed by atoms with Gasteiger partial charge in [0.15, 0.2) is 0 Å². The van der Waals surface area contributed by atoms with Crippen molar-refractivity contribution in [1.82, 2.24) is 5.32 Å². The van der Waals surface area contributed by atoms with E-state index in [1.807, 2.05) is 18.2 Å². The molecule has 0 unspecified atom stereocenters. The molecule has 0 fully saturated rings. The fourth-order valence-electron chi connectivity index (χ4n) is 2.34. The van der Waals surface area contributed by atoms with Crippen molar-refractivity contribution < 1.29 is 13.2 Å². The molecule has 2 N–H and O–H groups in total. The molecule has 0 aliphatic carbocycles. The molecule has 1 amide bonds. The summed E-state index contributed by atoms with van der Waals surface area (Å²) < 4.78 is 24.8. The molecule has 2 rings (SSSR count). The van der Waals surface area contributed by atoms with E-state index in [1.165, 1.54) is 11.6 Å². The minimum absolute atomic E-state index is 0.202. The van der Waals surface area contributed by atoms with Crippen molar-refractivity contribution >= 4 is 21.6 Å². The number of anilines is 1. The van der Waals surface area contributed by atoms with E-state index in [1.54, 1.807) is 18.2 Å². The second kappa shape index (κ2) is 8.49. The van der Waals surface area contributed by atoms with Crippen LogP contribution < -0.4 is 10.0 Å². The Kier molecular flexibility index (Phi) is 6.37. The van der Waals surface area contributed by atoms with Crippen molar-refractivity contribution in [3.63, 3.8) is 0 Å². The van der Waals surface area contributed by atoms with Gasteiger partial charge in [-0.3, -0.25) is 9.52 Å². The molecule has 0 aliphatic heterocycles. The Morgan fingerprint density at radius 2 is 1.75 bits per heavy atom. The first kappa shape index (κ1) is 18.0. The Labute approximate surface area is 143 Å². The minimum Gasteiger partial charge on any atom is -0.352 e. The van der Waals surface area contributed by atoms with Crippen molar-refractivity contribution in [3.8, 4) is 0 Å². The molecule has 24 heavy (non-hydrogen) atoms. The molecule has 0 bridgehead atoms. The molecular weight excluding hydrogens is 324 g/mol. The van der Waals surface area contributed by atoms with Crippen molar-refractivity contribution in [2.24, 2.45) is 0 Å². The van der Waals surface area contributed by atoms with Crippen molar-refractivity contribution in [2.45, 2.75) is 19.3 Å². The molecule has 5 nitrogen and oxygen atoms in total. The maximum Gasteiger partial charge on any atom is 0.251 e. The quantitative estimate of drug-likeness (QED) is 0.722. The van der Waals surface area contributed by atoms with E-state index in [0.29, 0.717) is 17.8 Å². The first-order chi connectivity index (χ1) is 11.4. The van der Waals surface area contributed by atoms with Crippen LogP contribution in [-0.2, 0) is 16.4 Å². The van der Waals surface area contributed by atoms with Gasteiger partial charge in [-0.15, -0.1) is 0 Å². The van der Waals surface area contributed by atoms with Crippen LogP contribution in [0, 0.1) is 0 Å². The summed E-state index contributed by atoms with van der Waals surface area (Å²) in [6.45, 7) is 0.593. The summed E-state index contributed by atoms with van der Waals surface area (Å²) >= 11 is 0. The molecule has 0 atom stereocenters. The summed E-state index contributed by atoms with van der Waals surface area (Å²) in [7, 11) is -3.35. The Morgan fingerprint density at radius 1 is 1.00 bits per heavy atom. The lowest BCUT2D eigenvalue weighted by Crippen LogP contribution is -2.24. The average molecular weight is 346 g/mol. The monoisotopic (exact) mass is 346 g/mol. The number of hydrogen-bond acceptors (Lipinski definition) is 3. The van der Waals surface area contributed by atoms with Crippen LogP contribution in [0.1, 0.15) is 28.8 Å². The summed E-state index contributed by atoms with van der Waals surface area (Å²) in [5.74, 6) is -0.202. The van der Waals surface area contributed by atoms with Gasteiger partial charge >= 0.3 is 0 Å². The number of aryl methyl sites for hydroxylation is 1. The molecule has 0 aliphatic rings. The highest BCUT2D eigenvalue weighted by Crippen LogP contribution is 2.12. The summed E-state index contributed by atoms with van der Waals surface area (Å²) in [6.07, 6.45) is 3.96. The Bertz CT molecular complexity index is 774. The molecule has 2 aromatic rings. The van der Waals surface area contributed by atoms with Crippen LogP contribution in [0.4, 0.5) is 5.69 Å². The standard InChI is InChI=1S/C18H22N2O3S/c1-24(22,23)20-17-12-7-11-16(14-17)18(21)19-13-6-5-10-15-8-3-2-4-9-15/h2-4,7-9,11-12,14,20H,5-6,10,13H2,1H3,(H,19,21). The van der Waals surface area contributed by atoms with Gasteiger partial charge in [-0.1, -0.05) is 36.4 Å². The van der Waals surface area contributed by atoms with E-state index in [9.17, 15) is 13.2 Å². The van der Waals surface area contributed by atoms with Crippen LogP contribution >= 0.6 is 0 Å². The Morgan fingerprint density at radius 3 is 2.46 bits per heavy atom. The van der Waals surface area contributed by atoms with Gasteiger partial charge < -0.3 is 5.32 Å². The Hall–Kier alpha value is -2.34. The Balaban J connectivity index is 1.77. The second-order valence-corrected chi connectivity index (χ2v) is 7.40. The summed E-state index contributed by atoms with van der Waals surface area (Å²) in [4.78, 5) is 12.1.